The van der Waals surface area contributed by atoms with Gasteiger partial charge in [0.05, 0.1) is 6.04 Å². The predicted octanol–water partition coefficient (Wildman–Crippen LogP) is 1.69. The largest absolute Gasteiger partial charge is 0.354 e. The van der Waals surface area contributed by atoms with Crippen molar-refractivity contribution < 1.29 is 4.79 Å². The van der Waals surface area contributed by atoms with Crippen LogP contribution in [0.1, 0.15) is 24.0 Å². The summed E-state index contributed by atoms with van der Waals surface area (Å²) in [5, 5.41) is 6.34. The maximum absolute atomic E-state index is 11.9. The minimum absolute atomic E-state index is 0. The van der Waals surface area contributed by atoms with Crippen molar-refractivity contribution >= 4 is 18.3 Å². The summed E-state index contributed by atoms with van der Waals surface area (Å²) in [6.45, 7) is 1.79. The van der Waals surface area contributed by atoms with Gasteiger partial charge in [0.15, 0.2) is 0 Å². The van der Waals surface area contributed by atoms with Crippen LogP contribution >= 0.6 is 12.4 Å². The third-order valence-corrected chi connectivity index (χ3v) is 4.08. The van der Waals surface area contributed by atoms with Crippen LogP contribution in [0.25, 0.3) is 0 Å². The monoisotopic (exact) mass is 280 g/mol. The predicted molar refractivity (Wildman–Crippen MR) is 78.6 cm³/mol. The van der Waals surface area contributed by atoms with Crippen molar-refractivity contribution in [2.45, 2.75) is 31.7 Å². The van der Waals surface area contributed by atoms with Crippen molar-refractivity contribution in [2.75, 3.05) is 13.1 Å². The van der Waals surface area contributed by atoms with Gasteiger partial charge in [-0.05, 0) is 49.3 Å². The molecule has 4 heteroatoms. The van der Waals surface area contributed by atoms with Gasteiger partial charge in [-0.2, -0.15) is 0 Å². The summed E-state index contributed by atoms with van der Waals surface area (Å²) in [4.78, 5) is 11.9. The number of benzene rings is 1. The van der Waals surface area contributed by atoms with Crippen LogP contribution in [0.2, 0.25) is 0 Å². The van der Waals surface area contributed by atoms with Crippen molar-refractivity contribution in [3.05, 3.63) is 35.4 Å². The first-order valence-corrected chi connectivity index (χ1v) is 6.91. The SMILES string of the molecule is Cl.O=C(NCC1Cc2ccccc2C1)C1CCCN1. The second-order valence-electron chi connectivity index (χ2n) is 5.44. The van der Waals surface area contributed by atoms with E-state index >= 15 is 0 Å². The van der Waals surface area contributed by atoms with Crippen LogP contribution in [0.4, 0.5) is 0 Å². The molecule has 0 aromatic heterocycles. The summed E-state index contributed by atoms with van der Waals surface area (Å²) in [6, 6.07) is 8.66. The summed E-state index contributed by atoms with van der Waals surface area (Å²) in [5.74, 6) is 0.760. The number of carbonyl (C=O) groups excluding carboxylic acids is 1. The van der Waals surface area contributed by atoms with Crippen LogP contribution in [0.5, 0.6) is 0 Å². The summed E-state index contributed by atoms with van der Waals surface area (Å²) in [7, 11) is 0. The summed E-state index contributed by atoms with van der Waals surface area (Å²) < 4.78 is 0. The molecule has 1 unspecified atom stereocenters. The molecule has 1 fully saturated rings. The molecule has 1 aliphatic heterocycles. The van der Waals surface area contributed by atoms with Crippen LogP contribution < -0.4 is 10.6 Å². The standard InChI is InChI=1S/C15H20N2O.ClH/c18-15(14-6-3-7-16-14)17-10-11-8-12-4-1-2-5-13(12)9-11;/h1-2,4-5,11,14,16H,3,6-10H2,(H,17,18);1H. The van der Waals surface area contributed by atoms with Crippen molar-refractivity contribution in [3.8, 4) is 0 Å². The van der Waals surface area contributed by atoms with Crippen molar-refractivity contribution in [1.29, 1.82) is 0 Å². The van der Waals surface area contributed by atoms with Gasteiger partial charge in [-0.3, -0.25) is 4.79 Å². The van der Waals surface area contributed by atoms with E-state index in [0.29, 0.717) is 5.92 Å². The van der Waals surface area contributed by atoms with E-state index in [1.165, 1.54) is 11.1 Å². The number of hydrogen-bond donors (Lipinski definition) is 2. The molecule has 1 aliphatic carbocycles. The van der Waals surface area contributed by atoms with Crippen LogP contribution in [0, 0.1) is 5.92 Å². The molecule has 1 aromatic carbocycles. The molecule has 1 aromatic rings. The average Bonchev–Trinajstić information content (AvgIpc) is 3.04. The van der Waals surface area contributed by atoms with E-state index in [1.807, 2.05) is 0 Å². The third-order valence-electron chi connectivity index (χ3n) is 4.08. The van der Waals surface area contributed by atoms with E-state index in [2.05, 4.69) is 34.9 Å². The van der Waals surface area contributed by atoms with Crippen molar-refractivity contribution in [1.82, 2.24) is 10.6 Å². The highest BCUT2D eigenvalue weighted by Crippen LogP contribution is 2.25. The normalized spacial score (nSPS) is 21.8. The molecule has 1 atom stereocenters. The number of fused-ring (bicyclic) bond motifs is 1. The number of halogens is 1. The first kappa shape index (κ1) is 14.4. The molecule has 1 saturated heterocycles. The van der Waals surface area contributed by atoms with Gasteiger partial charge in [-0.25, -0.2) is 0 Å². The molecule has 0 spiro atoms. The second-order valence-corrected chi connectivity index (χ2v) is 5.44. The van der Waals surface area contributed by atoms with E-state index in [0.717, 1.165) is 38.8 Å². The highest BCUT2D eigenvalue weighted by molar-refractivity contribution is 5.85. The highest BCUT2D eigenvalue weighted by atomic mass is 35.5. The Balaban J connectivity index is 0.00000133. The minimum atomic E-state index is 0. The molecule has 3 rings (SSSR count). The van der Waals surface area contributed by atoms with Gasteiger partial charge in [-0.15, -0.1) is 12.4 Å². The third kappa shape index (κ3) is 3.28. The van der Waals surface area contributed by atoms with Crippen molar-refractivity contribution in [2.24, 2.45) is 5.92 Å². The average molecular weight is 281 g/mol. The second kappa shape index (κ2) is 6.40. The molecule has 0 radical (unpaired) electrons. The number of hydrogen-bond acceptors (Lipinski definition) is 2. The van der Waals surface area contributed by atoms with Gasteiger partial charge in [0.25, 0.3) is 0 Å². The molecule has 3 nitrogen and oxygen atoms in total. The number of rotatable bonds is 3. The number of amides is 1. The smallest absolute Gasteiger partial charge is 0.237 e. The Kier molecular flexibility index (Phi) is 4.83. The lowest BCUT2D eigenvalue weighted by atomic mass is 10.1. The molecule has 1 amide bonds. The molecular formula is C15H21ClN2O. The summed E-state index contributed by atoms with van der Waals surface area (Å²) >= 11 is 0. The molecule has 19 heavy (non-hydrogen) atoms. The van der Waals surface area contributed by atoms with Crippen molar-refractivity contribution in [3.63, 3.8) is 0 Å². The quantitative estimate of drug-likeness (QED) is 0.885. The molecule has 104 valence electrons. The first-order valence-electron chi connectivity index (χ1n) is 6.91. The zero-order valence-corrected chi connectivity index (χ0v) is 11.8. The lowest BCUT2D eigenvalue weighted by molar-refractivity contribution is -0.122. The fourth-order valence-corrected chi connectivity index (χ4v) is 3.07. The first-order chi connectivity index (χ1) is 8.83. The van der Waals surface area contributed by atoms with Gasteiger partial charge in [0.1, 0.15) is 0 Å². The van der Waals surface area contributed by atoms with Crippen LogP contribution in [-0.4, -0.2) is 25.0 Å². The number of carbonyl (C=O) groups is 1. The van der Waals surface area contributed by atoms with E-state index in [9.17, 15) is 4.79 Å². The highest BCUT2D eigenvalue weighted by Gasteiger charge is 2.25. The van der Waals surface area contributed by atoms with E-state index < -0.39 is 0 Å². The van der Waals surface area contributed by atoms with E-state index in [4.69, 9.17) is 0 Å². The maximum Gasteiger partial charge on any atom is 0.237 e. The lowest BCUT2D eigenvalue weighted by Gasteiger charge is -2.14. The van der Waals surface area contributed by atoms with Crippen LogP contribution in [0.3, 0.4) is 0 Å². The zero-order valence-electron chi connectivity index (χ0n) is 11.0. The minimum Gasteiger partial charge on any atom is -0.354 e. The number of nitrogens with one attached hydrogen (secondary N) is 2. The summed E-state index contributed by atoms with van der Waals surface area (Å²) in [5.41, 5.74) is 2.91. The van der Waals surface area contributed by atoms with E-state index in [1.54, 1.807) is 0 Å². The Bertz CT molecular complexity index is 419. The molecule has 2 aliphatic rings. The fourth-order valence-electron chi connectivity index (χ4n) is 3.07. The van der Waals surface area contributed by atoms with Gasteiger partial charge < -0.3 is 10.6 Å². The van der Waals surface area contributed by atoms with Gasteiger partial charge >= 0.3 is 0 Å². The Hall–Kier alpha value is -1.06. The molecule has 0 bridgehead atoms. The Morgan fingerprint density at radius 1 is 1.26 bits per heavy atom. The fraction of sp³-hybridized carbons (Fsp3) is 0.533. The molecule has 2 N–H and O–H groups in total. The Morgan fingerprint density at radius 2 is 1.95 bits per heavy atom. The lowest BCUT2D eigenvalue weighted by Crippen LogP contribution is -2.42. The summed E-state index contributed by atoms with van der Waals surface area (Å²) in [6.07, 6.45) is 4.31. The Morgan fingerprint density at radius 3 is 2.53 bits per heavy atom. The van der Waals surface area contributed by atoms with Gasteiger partial charge in [0, 0.05) is 6.54 Å². The van der Waals surface area contributed by atoms with Crippen LogP contribution in [0.15, 0.2) is 24.3 Å². The van der Waals surface area contributed by atoms with Gasteiger partial charge in [-0.1, -0.05) is 24.3 Å². The van der Waals surface area contributed by atoms with Gasteiger partial charge in [0.2, 0.25) is 5.91 Å². The molecular weight excluding hydrogens is 260 g/mol. The Labute approximate surface area is 120 Å². The topological polar surface area (TPSA) is 41.1 Å². The van der Waals surface area contributed by atoms with Crippen LogP contribution in [-0.2, 0) is 17.6 Å². The maximum atomic E-state index is 11.9. The molecule has 0 saturated carbocycles. The zero-order chi connectivity index (χ0) is 12.4. The van der Waals surface area contributed by atoms with E-state index in [-0.39, 0.29) is 24.4 Å². The molecule has 1 heterocycles.